The van der Waals surface area contributed by atoms with E-state index < -0.39 is 11.5 Å². The molecule has 1 unspecified atom stereocenters. The average molecular weight is 579 g/mol. The van der Waals surface area contributed by atoms with Gasteiger partial charge in [-0.1, -0.05) is 24.3 Å². The molecule has 0 saturated carbocycles. The maximum Gasteiger partial charge on any atom is 0.344 e. The molecule has 2 aromatic carbocycles. The zero-order valence-corrected chi connectivity index (χ0v) is 21.7. The highest BCUT2D eigenvalue weighted by atomic mass is 79.9. The number of hydrogen-bond acceptors (Lipinski definition) is 9. The van der Waals surface area contributed by atoms with Gasteiger partial charge in [0.05, 0.1) is 44.9 Å². The van der Waals surface area contributed by atoms with Crippen LogP contribution in [0, 0.1) is 6.92 Å². The summed E-state index contributed by atoms with van der Waals surface area (Å²) in [6.45, 7) is 1.87. The van der Waals surface area contributed by atoms with Crippen LogP contribution in [0.2, 0.25) is 0 Å². The molecule has 39 heavy (non-hydrogen) atoms. The minimum atomic E-state index is -0.738. The number of nitrogens with zero attached hydrogens (tertiary/aromatic N) is 6. The summed E-state index contributed by atoms with van der Waals surface area (Å²) < 4.78 is 19.9. The second-order valence-electron chi connectivity index (χ2n) is 9.12. The highest BCUT2D eigenvalue weighted by molar-refractivity contribution is 9.10. The third-order valence-electron chi connectivity index (χ3n) is 6.81. The number of hydrogen-bond donors (Lipinski definition) is 0. The predicted molar refractivity (Wildman–Crippen MR) is 144 cm³/mol. The Morgan fingerprint density at radius 1 is 0.897 bits per heavy atom. The van der Waals surface area contributed by atoms with E-state index in [4.69, 9.17) is 28.5 Å². The normalized spacial score (nSPS) is 14.5. The summed E-state index contributed by atoms with van der Waals surface area (Å²) in [7, 11) is 0. The third-order valence-corrected chi connectivity index (χ3v) is 7.24. The smallest absolute Gasteiger partial charge is 0.344 e. The van der Waals surface area contributed by atoms with Crippen LogP contribution in [0.15, 0.2) is 85.3 Å². The summed E-state index contributed by atoms with van der Waals surface area (Å²) in [5.41, 5.74) is 3.83. The minimum Gasteiger partial charge on any atom is -0.446 e. The van der Waals surface area contributed by atoms with Gasteiger partial charge in [-0.25, -0.2) is 29.2 Å². The van der Waals surface area contributed by atoms with E-state index in [1.807, 2.05) is 43.3 Å². The zero-order valence-electron chi connectivity index (χ0n) is 20.1. The molecule has 1 aliphatic heterocycles. The van der Waals surface area contributed by atoms with Crippen molar-refractivity contribution in [3.8, 4) is 23.2 Å². The molecule has 8 rings (SSSR count). The molecule has 0 saturated heterocycles. The van der Waals surface area contributed by atoms with Crippen molar-refractivity contribution in [2.24, 2.45) is 0 Å². The molecule has 0 spiro atoms. The van der Waals surface area contributed by atoms with E-state index in [9.17, 15) is 4.79 Å². The van der Waals surface area contributed by atoms with Gasteiger partial charge >= 0.3 is 5.63 Å². The van der Waals surface area contributed by atoms with Crippen LogP contribution in [0.1, 0.15) is 28.4 Å². The van der Waals surface area contributed by atoms with Crippen molar-refractivity contribution in [3.63, 3.8) is 0 Å². The van der Waals surface area contributed by atoms with Gasteiger partial charge in [-0.15, -0.1) is 5.10 Å². The molecule has 1 aliphatic rings. The Hall–Kier alpha value is -4.90. The van der Waals surface area contributed by atoms with E-state index in [0.717, 1.165) is 5.52 Å². The highest BCUT2D eigenvalue weighted by Gasteiger charge is 2.39. The van der Waals surface area contributed by atoms with Crippen molar-refractivity contribution in [1.29, 1.82) is 0 Å². The highest BCUT2D eigenvalue weighted by Crippen LogP contribution is 2.49. The molecule has 0 bridgehead atoms. The van der Waals surface area contributed by atoms with Crippen molar-refractivity contribution < 1.29 is 13.6 Å². The second-order valence-corrected chi connectivity index (χ2v) is 9.90. The maximum atomic E-state index is 13.6. The van der Waals surface area contributed by atoms with Crippen LogP contribution in [0.4, 0.5) is 0 Å². The molecule has 5 aromatic heterocycles. The van der Waals surface area contributed by atoms with E-state index in [2.05, 4.69) is 26.0 Å². The van der Waals surface area contributed by atoms with Crippen LogP contribution in [-0.2, 0) is 0 Å². The summed E-state index contributed by atoms with van der Waals surface area (Å²) >= 11 is 3.33. The Balaban J connectivity index is 1.48. The Bertz CT molecular complexity index is 2180. The first kappa shape index (κ1) is 22.1. The molecule has 0 radical (unpaired) electrons. The molecule has 188 valence electrons. The quantitative estimate of drug-likeness (QED) is 0.234. The fourth-order valence-corrected chi connectivity index (χ4v) is 5.42. The second kappa shape index (κ2) is 8.05. The van der Waals surface area contributed by atoms with Crippen molar-refractivity contribution in [2.75, 3.05) is 0 Å². The molecular formula is C28H15BrN6O4. The summed E-state index contributed by atoms with van der Waals surface area (Å²) in [6.07, 6.45) is 1.53. The number of furan rings is 1. The number of benzene rings is 2. The summed E-state index contributed by atoms with van der Waals surface area (Å²) in [4.78, 5) is 32.8. The van der Waals surface area contributed by atoms with Crippen molar-refractivity contribution in [3.05, 3.63) is 105 Å². The standard InChI is InChI=1S/C28H15BrN6O4/c1-13-23(32-16-8-4-3-7-15(16)31-13)20-21-24(14-6-2-5-9-17(14)38-28(21)36)39-27-22(20)26-33-25(34-35(26)12-30-27)18-10-11-19(29)37-18/h2-12,20H,1H3. The van der Waals surface area contributed by atoms with Gasteiger partial charge in [0.2, 0.25) is 11.7 Å². The average Bonchev–Trinajstić information content (AvgIpc) is 3.58. The molecule has 10 nitrogen and oxygen atoms in total. The van der Waals surface area contributed by atoms with Gasteiger partial charge in [-0.2, -0.15) is 0 Å². The lowest BCUT2D eigenvalue weighted by atomic mass is 9.86. The molecule has 6 heterocycles. The first-order chi connectivity index (χ1) is 19.0. The monoisotopic (exact) mass is 578 g/mol. The molecule has 0 amide bonds. The first-order valence-corrected chi connectivity index (χ1v) is 12.8. The summed E-state index contributed by atoms with van der Waals surface area (Å²) in [5, 5.41) is 5.22. The van der Waals surface area contributed by atoms with Crippen LogP contribution < -0.4 is 10.4 Å². The molecule has 11 heteroatoms. The van der Waals surface area contributed by atoms with E-state index in [1.54, 1.807) is 28.8 Å². The Kier molecular flexibility index (Phi) is 4.56. The largest absolute Gasteiger partial charge is 0.446 e. The number of ether oxygens (including phenoxy) is 1. The van der Waals surface area contributed by atoms with E-state index >= 15 is 0 Å². The maximum absolute atomic E-state index is 13.6. The first-order valence-electron chi connectivity index (χ1n) is 12.0. The third kappa shape index (κ3) is 3.26. The topological polar surface area (TPSA) is 121 Å². The SMILES string of the molecule is Cc1nc2ccccc2nc1C1c2c(c3ccccc3oc2=O)Oc2ncn3nc(-c4ccc(Br)o4)nc3c21. The van der Waals surface area contributed by atoms with Gasteiger partial charge < -0.3 is 13.6 Å². The molecule has 0 N–H and O–H groups in total. The van der Waals surface area contributed by atoms with E-state index in [0.29, 0.717) is 72.5 Å². The van der Waals surface area contributed by atoms with Gasteiger partial charge in [0.1, 0.15) is 11.9 Å². The summed E-state index contributed by atoms with van der Waals surface area (Å²) in [5.74, 6) is 0.760. The van der Waals surface area contributed by atoms with Gasteiger partial charge in [0, 0.05) is 0 Å². The lowest BCUT2D eigenvalue weighted by Crippen LogP contribution is -2.24. The van der Waals surface area contributed by atoms with Crippen LogP contribution in [0.5, 0.6) is 11.6 Å². The lowest BCUT2D eigenvalue weighted by molar-refractivity contribution is 0.421. The van der Waals surface area contributed by atoms with Crippen LogP contribution >= 0.6 is 15.9 Å². The molecular weight excluding hydrogens is 564 g/mol. The molecule has 0 aliphatic carbocycles. The lowest BCUT2D eigenvalue weighted by Gasteiger charge is -2.27. The number of aryl methyl sites for hydroxylation is 1. The van der Waals surface area contributed by atoms with Crippen LogP contribution in [0.3, 0.4) is 0 Å². The Labute approximate surface area is 227 Å². The predicted octanol–water partition coefficient (Wildman–Crippen LogP) is 5.79. The Morgan fingerprint density at radius 2 is 1.69 bits per heavy atom. The fraction of sp³-hybridized carbons (Fsp3) is 0.0714. The van der Waals surface area contributed by atoms with E-state index in [-0.39, 0.29) is 0 Å². The Morgan fingerprint density at radius 3 is 2.51 bits per heavy atom. The van der Waals surface area contributed by atoms with Crippen molar-refractivity contribution in [1.82, 2.24) is 29.5 Å². The van der Waals surface area contributed by atoms with Gasteiger partial charge in [-0.3, -0.25) is 0 Å². The number of halogens is 1. The van der Waals surface area contributed by atoms with Gasteiger partial charge in [-0.05, 0) is 59.3 Å². The number of rotatable bonds is 2. The van der Waals surface area contributed by atoms with Gasteiger partial charge in [0.25, 0.3) is 0 Å². The molecule has 7 aromatic rings. The van der Waals surface area contributed by atoms with Crippen LogP contribution in [0.25, 0.3) is 39.2 Å². The minimum absolute atomic E-state index is 0.296. The molecule has 1 atom stereocenters. The zero-order chi connectivity index (χ0) is 26.2. The molecule has 0 fully saturated rings. The number of fused-ring (bicyclic) bond motifs is 7. The fourth-order valence-electron chi connectivity index (χ4n) is 5.12. The number of aromatic nitrogens is 6. The van der Waals surface area contributed by atoms with Crippen LogP contribution in [-0.4, -0.2) is 29.5 Å². The number of para-hydroxylation sites is 3. The van der Waals surface area contributed by atoms with Crippen molar-refractivity contribution in [2.45, 2.75) is 12.8 Å². The summed E-state index contributed by atoms with van der Waals surface area (Å²) in [6, 6.07) is 18.4. The van der Waals surface area contributed by atoms with E-state index in [1.165, 1.54) is 6.33 Å². The van der Waals surface area contributed by atoms with Gasteiger partial charge in [0.15, 0.2) is 21.8 Å². The van der Waals surface area contributed by atoms with Crippen molar-refractivity contribution >= 4 is 43.6 Å².